The van der Waals surface area contributed by atoms with Crippen LogP contribution in [0, 0.1) is 5.92 Å². The standard InChI is InChI=1S/C21H25N.C2H6/c1-16(2)13-17-11-12-22-21(14-17)20-10-6-9-19(15-20)18-7-4-3-5-8-18;1-2/h3-5,7-8,10-11,14-16,22H,6,9,12-13H2,1-2H3;1-2H3. The van der Waals surface area contributed by atoms with Gasteiger partial charge in [0.2, 0.25) is 0 Å². The number of hydrogen-bond acceptors (Lipinski definition) is 1. The molecule has 0 spiro atoms. The van der Waals surface area contributed by atoms with E-state index in [0.717, 1.165) is 25.8 Å². The second-order valence-corrected chi connectivity index (χ2v) is 6.55. The smallest absolute Gasteiger partial charge is 0.0415 e. The molecule has 3 rings (SSSR count). The first kappa shape index (κ1) is 18.3. The highest BCUT2D eigenvalue weighted by Gasteiger charge is 2.13. The number of benzene rings is 1. The fourth-order valence-corrected chi connectivity index (χ4v) is 3.16. The van der Waals surface area contributed by atoms with Crippen molar-refractivity contribution in [1.82, 2.24) is 5.32 Å². The Labute approximate surface area is 147 Å². The van der Waals surface area contributed by atoms with Gasteiger partial charge in [0, 0.05) is 12.2 Å². The summed E-state index contributed by atoms with van der Waals surface area (Å²) in [5, 5.41) is 3.54. The van der Waals surface area contributed by atoms with E-state index in [1.54, 1.807) is 0 Å². The molecule has 1 heteroatoms. The molecule has 1 aromatic rings. The first-order chi connectivity index (χ1) is 11.7. The molecule has 0 atom stereocenters. The number of hydrogen-bond donors (Lipinski definition) is 1. The van der Waals surface area contributed by atoms with E-state index in [-0.39, 0.29) is 0 Å². The predicted octanol–water partition coefficient (Wildman–Crippen LogP) is 6.28. The number of nitrogens with one attached hydrogen (secondary N) is 1. The maximum absolute atomic E-state index is 3.54. The van der Waals surface area contributed by atoms with Gasteiger partial charge in [0.15, 0.2) is 0 Å². The van der Waals surface area contributed by atoms with Crippen molar-refractivity contribution in [1.29, 1.82) is 0 Å². The van der Waals surface area contributed by atoms with Gasteiger partial charge in [0.1, 0.15) is 0 Å². The van der Waals surface area contributed by atoms with Gasteiger partial charge in [0.05, 0.1) is 0 Å². The molecule has 0 fully saturated rings. The molecule has 1 aliphatic heterocycles. The molecule has 0 saturated heterocycles. The van der Waals surface area contributed by atoms with Gasteiger partial charge in [0.25, 0.3) is 0 Å². The summed E-state index contributed by atoms with van der Waals surface area (Å²) in [4.78, 5) is 0. The van der Waals surface area contributed by atoms with Crippen molar-refractivity contribution in [2.75, 3.05) is 6.54 Å². The Morgan fingerprint density at radius 1 is 1.00 bits per heavy atom. The van der Waals surface area contributed by atoms with Crippen molar-refractivity contribution in [3.63, 3.8) is 0 Å². The minimum absolute atomic E-state index is 0.706. The molecule has 2 aliphatic rings. The van der Waals surface area contributed by atoms with E-state index in [1.807, 2.05) is 13.8 Å². The van der Waals surface area contributed by atoms with Gasteiger partial charge in [-0.3, -0.25) is 0 Å². The van der Waals surface area contributed by atoms with Crippen LogP contribution in [0.5, 0.6) is 0 Å². The summed E-state index contributed by atoms with van der Waals surface area (Å²) < 4.78 is 0. The van der Waals surface area contributed by atoms with Gasteiger partial charge in [-0.05, 0) is 59.6 Å². The molecule has 0 amide bonds. The predicted molar refractivity (Wildman–Crippen MR) is 107 cm³/mol. The highest BCUT2D eigenvalue weighted by Crippen LogP contribution is 2.30. The maximum atomic E-state index is 3.54. The third kappa shape index (κ3) is 4.99. The van der Waals surface area contributed by atoms with Crippen LogP contribution in [0.3, 0.4) is 0 Å². The van der Waals surface area contributed by atoms with E-state index in [1.165, 1.54) is 28.0 Å². The lowest BCUT2D eigenvalue weighted by Crippen LogP contribution is -2.19. The zero-order valence-electron chi connectivity index (χ0n) is 15.6. The van der Waals surface area contributed by atoms with Crippen molar-refractivity contribution >= 4 is 5.57 Å². The maximum Gasteiger partial charge on any atom is 0.0415 e. The topological polar surface area (TPSA) is 12.0 Å². The average molecular weight is 322 g/mol. The molecule has 0 saturated carbocycles. The summed E-state index contributed by atoms with van der Waals surface area (Å²) in [6.07, 6.45) is 12.8. The molecule has 1 N–H and O–H groups in total. The summed E-state index contributed by atoms with van der Waals surface area (Å²) in [6, 6.07) is 10.7. The van der Waals surface area contributed by atoms with Crippen molar-refractivity contribution in [3.05, 3.63) is 77.0 Å². The molecule has 128 valence electrons. The Hall–Kier alpha value is -2.02. The van der Waals surface area contributed by atoms with Gasteiger partial charge in [-0.15, -0.1) is 0 Å². The molecular formula is C23H31N. The molecule has 1 heterocycles. The number of allylic oxidation sites excluding steroid dienone is 5. The van der Waals surface area contributed by atoms with Crippen molar-refractivity contribution in [2.24, 2.45) is 5.92 Å². The lowest BCUT2D eigenvalue weighted by molar-refractivity contribution is 0.644. The summed E-state index contributed by atoms with van der Waals surface area (Å²) in [6.45, 7) is 9.51. The van der Waals surface area contributed by atoms with Crippen LogP contribution < -0.4 is 5.32 Å². The van der Waals surface area contributed by atoms with Crippen LogP contribution in [0.4, 0.5) is 0 Å². The molecule has 0 radical (unpaired) electrons. The average Bonchev–Trinajstić information content (AvgIpc) is 2.64. The van der Waals surface area contributed by atoms with Gasteiger partial charge < -0.3 is 5.32 Å². The minimum atomic E-state index is 0.706. The zero-order valence-corrected chi connectivity index (χ0v) is 15.6. The Morgan fingerprint density at radius 3 is 2.46 bits per heavy atom. The van der Waals surface area contributed by atoms with Crippen LogP contribution in [0.2, 0.25) is 0 Å². The Morgan fingerprint density at radius 2 is 1.75 bits per heavy atom. The number of rotatable bonds is 4. The third-order valence-corrected chi connectivity index (χ3v) is 4.19. The van der Waals surface area contributed by atoms with E-state index >= 15 is 0 Å². The molecule has 1 aliphatic carbocycles. The van der Waals surface area contributed by atoms with Crippen LogP contribution in [0.15, 0.2) is 71.5 Å². The summed E-state index contributed by atoms with van der Waals surface area (Å²) in [5.41, 5.74) is 6.89. The van der Waals surface area contributed by atoms with Crippen LogP contribution in [-0.4, -0.2) is 6.54 Å². The summed E-state index contributed by atoms with van der Waals surface area (Å²) in [7, 11) is 0. The normalized spacial score (nSPS) is 16.9. The van der Waals surface area contributed by atoms with Crippen LogP contribution in [0.1, 0.15) is 52.5 Å². The van der Waals surface area contributed by atoms with Gasteiger partial charge >= 0.3 is 0 Å². The van der Waals surface area contributed by atoms with Crippen LogP contribution in [-0.2, 0) is 0 Å². The summed E-state index contributed by atoms with van der Waals surface area (Å²) >= 11 is 0. The van der Waals surface area contributed by atoms with Gasteiger partial charge in [-0.2, -0.15) is 0 Å². The minimum Gasteiger partial charge on any atom is -0.381 e. The zero-order chi connectivity index (χ0) is 17.4. The largest absolute Gasteiger partial charge is 0.381 e. The van der Waals surface area contributed by atoms with Crippen molar-refractivity contribution in [2.45, 2.75) is 47.0 Å². The number of dihydropyridines is 1. The SMILES string of the molecule is CC.CC(C)CC1=CCNC(C2=CCCC(c3ccccc3)=C2)=C1. The van der Waals surface area contributed by atoms with E-state index < -0.39 is 0 Å². The van der Waals surface area contributed by atoms with E-state index in [0.29, 0.717) is 5.92 Å². The molecule has 0 aromatic heterocycles. The quantitative estimate of drug-likeness (QED) is 0.688. The van der Waals surface area contributed by atoms with Crippen molar-refractivity contribution < 1.29 is 0 Å². The fourth-order valence-electron chi connectivity index (χ4n) is 3.16. The Kier molecular flexibility index (Phi) is 7.11. The fraction of sp³-hybridized carbons (Fsp3) is 0.391. The van der Waals surface area contributed by atoms with Crippen LogP contribution >= 0.6 is 0 Å². The lowest BCUT2D eigenvalue weighted by atomic mass is 9.90. The van der Waals surface area contributed by atoms with E-state index in [9.17, 15) is 0 Å². The molecular weight excluding hydrogens is 290 g/mol. The van der Waals surface area contributed by atoms with E-state index in [4.69, 9.17) is 0 Å². The first-order valence-corrected chi connectivity index (χ1v) is 9.33. The monoisotopic (exact) mass is 321 g/mol. The van der Waals surface area contributed by atoms with Crippen LogP contribution in [0.25, 0.3) is 5.57 Å². The van der Waals surface area contributed by atoms with Gasteiger partial charge in [-0.25, -0.2) is 0 Å². The van der Waals surface area contributed by atoms with Crippen molar-refractivity contribution in [3.8, 4) is 0 Å². The highest BCUT2D eigenvalue weighted by molar-refractivity contribution is 5.71. The first-order valence-electron chi connectivity index (χ1n) is 9.33. The second-order valence-electron chi connectivity index (χ2n) is 6.55. The van der Waals surface area contributed by atoms with Gasteiger partial charge in [-0.1, -0.05) is 70.2 Å². The molecule has 0 unspecified atom stereocenters. The highest BCUT2D eigenvalue weighted by atomic mass is 14.9. The second kappa shape index (κ2) is 9.32. The van der Waals surface area contributed by atoms with E-state index in [2.05, 4.69) is 73.8 Å². The Bertz CT molecular complexity index is 642. The Balaban J connectivity index is 0.00000100. The third-order valence-electron chi connectivity index (χ3n) is 4.19. The lowest BCUT2D eigenvalue weighted by Gasteiger charge is -2.21. The molecule has 24 heavy (non-hydrogen) atoms. The molecule has 1 aromatic carbocycles. The molecule has 1 nitrogen and oxygen atoms in total. The summed E-state index contributed by atoms with van der Waals surface area (Å²) in [5.74, 6) is 0.706. The molecule has 0 bridgehead atoms.